The van der Waals surface area contributed by atoms with Gasteiger partial charge in [0, 0.05) is 53.7 Å². The third kappa shape index (κ3) is 11.1. The molecule has 0 fully saturated rings. The molecule has 0 spiro atoms. The summed E-state index contributed by atoms with van der Waals surface area (Å²) in [5.74, 6) is -0.554. The van der Waals surface area contributed by atoms with Crippen molar-refractivity contribution in [2.45, 2.75) is 161 Å². The monoisotopic (exact) mass is 851 g/mol. The van der Waals surface area contributed by atoms with E-state index in [4.69, 9.17) is 4.37 Å². The van der Waals surface area contributed by atoms with Gasteiger partial charge in [-0.3, -0.25) is 0 Å². The summed E-state index contributed by atoms with van der Waals surface area (Å²) >= 11 is 4.53. The van der Waals surface area contributed by atoms with Crippen LogP contribution in [0.3, 0.4) is 0 Å². The van der Waals surface area contributed by atoms with Crippen LogP contribution >= 0.6 is 34.4 Å². The molecular weight excluding hydrogens is 789 g/mol. The Morgan fingerprint density at radius 1 is 0.525 bits per heavy atom. The molecule has 0 atom stereocenters. The van der Waals surface area contributed by atoms with E-state index in [0.29, 0.717) is 5.56 Å². The molecule has 7 aromatic rings. The first kappa shape index (κ1) is 43.6. The molecule has 0 unspecified atom stereocenters. The maximum Gasteiger partial charge on any atom is 0.132 e. The van der Waals surface area contributed by atoms with Gasteiger partial charge >= 0.3 is 0 Å². The van der Waals surface area contributed by atoms with E-state index in [1.807, 2.05) is 12.1 Å². The molecule has 0 saturated carbocycles. The van der Waals surface area contributed by atoms with Crippen molar-refractivity contribution in [3.05, 3.63) is 83.7 Å². The molecule has 0 bridgehead atoms. The smallest absolute Gasteiger partial charge is 0.132 e. The van der Waals surface area contributed by atoms with E-state index < -0.39 is 0 Å². The van der Waals surface area contributed by atoms with Gasteiger partial charge in [-0.05, 0) is 66.8 Å². The average Bonchev–Trinajstić information content (AvgIpc) is 4.09. The maximum atomic E-state index is 16.4. The topological polar surface area (TPSA) is 30.7 Å². The summed E-state index contributed by atoms with van der Waals surface area (Å²) in [6.45, 7) is 4.56. The van der Waals surface area contributed by atoms with Crippen molar-refractivity contribution in [1.29, 1.82) is 0 Å². The number of aromatic nitrogens is 3. The molecule has 0 saturated heterocycles. The zero-order valence-electron chi connectivity index (χ0n) is 35.4. The molecule has 59 heavy (non-hydrogen) atoms. The van der Waals surface area contributed by atoms with Gasteiger partial charge in [0.1, 0.15) is 22.7 Å². The summed E-state index contributed by atoms with van der Waals surface area (Å²) in [6.07, 6.45) is 28.4. The molecule has 0 amide bonds. The van der Waals surface area contributed by atoms with Crippen molar-refractivity contribution >= 4 is 67.2 Å². The van der Waals surface area contributed by atoms with Crippen LogP contribution in [0, 0.1) is 11.6 Å². The van der Waals surface area contributed by atoms with Crippen LogP contribution in [0.2, 0.25) is 0 Å². The number of halogens is 2. The van der Waals surface area contributed by atoms with Gasteiger partial charge in [0.2, 0.25) is 0 Å². The van der Waals surface area contributed by atoms with Crippen LogP contribution in [0.15, 0.2) is 72.1 Å². The lowest BCUT2D eigenvalue weighted by atomic mass is 9.99. The second-order valence-electron chi connectivity index (χ2n) is 16.7. The summed E-state index contributed by atoms with van der Waals surface area (Å²) in [7, 11) is 0. The summed E-state index contributed by atoms with van der Waals surface area (Å²) in [5, 5.41) is 3.69. The van der Waals surface area contributed by atoms with E-state index in [9.17, 15) is 4.39 Å². The van der Waals surface area contributed by atoms with Crippen LogP contribution in [0.1, 0.15) is 161 Å². The van der Waals surface area contributed by atoms with E-state index in [-0.39, 0.29) is 17.7 Å². The molecule has 3 nitrogen and oxygen atoms in total. The Bertz CT molecular complexity index is 2310. The van der Waals surface area contributed by atoms with Crippen molar-refractivity contribution in [2.75, 3.05) is 0 Å². The largest absolute Gasteiger partial charge is 0.337 e. The van der Waals surface area contributed by atoms with Gasteiger partial charge in [0.25, 0.3) is 0 Å². The maximum absolute atomic E-state index is 16.4. The molecule has 0 radical (unpaired) electrons. The summed E-state index contributed by atoms with van der Waals surface area (Å²) in [6, 6.07) is 21.7. The number of unbranched alkanes of at least 4 members (excludes halogenated alkanes) is 18. The van der Waals surface area contributed by atoms with E-state index >= 15 is 4.39 Å². The lowest BCUT2D eigenvalue weighted by Crippen LogP contribution is -2.09. The molecule has 7 rings (SSSR count). The van der Waals surface area contributed by atoms with E-state index in [2.05, 4.69) is 64.6 Å². The molecule has 0 aliphatic heterocycles. The Hall–Kier alpha value is -3.46. The highest BCUT2D eigenvalue weighted by Crippen LogP contribution is 2.44. The SMILES string of the molecule is CCCCCCCCCCCCC(CCCCCCCCCCCC)n1c2ccc(F)cc2c2cc(F)c(-c3ccc(-c4ccc(-c5cccs5)c5nsnc45)s3)cc21. The molecule has 4 heterocycles. The Morgan fingerprint density at radius 3 is 1.61 bits per heavy atom. The number of hydrogen-bond acceptors (Lipinski definition) is 5. The summed E-state index contributed by atoms with van der Waals surface area (Å²) < 4.78 is 43.2. The van der Waals surface area contributed by atoms with Crippen LogP contribution in [-0.2, 0) is 0 Å². The van der Waals surface area contributed by atoms with E-state index in [1.54, 1.807) is 40.9 Å². The fourth-order valence-electron chi connectivity index (χ4n) is 9.08. The average molecular weight is 852 g/mol. The van der Waals surface area contributed by atoms with Crippen molar-refractivity contribution in [2.24, 2.45) is 0 Å². The molecule has 0 N–H and O–H groups in total. The Morgan fingerprint density at radius 2 is 1.05 bits per heavy atom. The minimum absolute atomic E-state index is 0.271. The fourth-order valence-corrected chi connectivity index (χ4v) is 11.5. The van der Waals surface area contributed by atoms with Crippen molar-refractivity contribution in [3.63, 3.8) is 0 Å². The predicted molar refractivity (Wildman–Crippen MR) is 254 cm³/mol. The van der Waals surface area contributed by atoms with Gasteiger partial charge in [-0.25, -0.2) is 8.78 Å². The number of thiophene rings is 2. The van der Waals surface area contributed by atoms with Gasteiger partial charge in [0.05, 0.1) is 17.2 Å². The van der Waals surface area contributed by atoms with Crippen LogP contribution in [0.25, 0.3) is 64.2 Å². The number of nitrogens with zero attached hydrogens (tertiary/aromatic N) is 3. The molecule has 0 aliphatic rings. The normalized spacial score (nSPS) is 12.0. The lowest BCUT2D eigenvalue weighted by Gasteiger charge is -2.22. The minimum Gasteiger partial charge on any atom is -0.337 e. The molecule has 8 heteroatoms. The van der Waals surface area contributed by atoms with Crippen molar-refractivity contribution in [3.8, 4) is 31.3 Å². The van der Waals surface area contributed by atoms with Gasteiger partial charge in [-0.2, -0.15) is 8.75 Å². The standard InChI is InChI=1S/C51H63F2N3S3/c1-3-5-7-9-11-13-15-17-19-21-24-38(25-22-20-18-16-14-12-10-8-6-4-2)56-45-30-27-37(52)34-41(45)42-35-44(53)43(36-46(42)56)49-32-31-48(58-49)40-29-28-39(47-26-23-33-57-47)50-51(40)55-59-54-50/h23,26-36,38H,3-22,24-25H2,1-2H3. The van der Waals surface area contributed by atoms with Crippen LogP contribution in [-0.4, -0.2) is 13.3 Å². The number of fused-ring (bicyclic) bond motifs is 4. The fraction of sp³-hybridized carbons (Fsp3) is 0.490. The third-order valence-electron chi connectivity index (χ3n) is 12.3. The van der Waals surface area contributed by atoms with Crippen LogP contribution < -0.4 is 0 Å². The summed E-state index contributed by atoms with van der Waals surface area (Å²) in [4.78, 5) is 3.09. The molecule has 314 valence electrons. The molecule has 3 aromatic carbocycles. The molecular formula is C51H63F2N3S3. The number of benzene rings is 3. The van der Waals surface area contributed by atoms with Gasteiger partial charge in [0.15, 0.2) is 0 Å². The Balaban J connectivity index is 1.14. The highest BCUT2D eigenvalue weighted by atomic mass is 32.1. The van der Waals surface area contributed by atoms with Crippen molar-refractivity contribution in [1.82, 2.24) is 13.3 Å². The van der Waals surface area contributed by atoms with Gasteiger partial charge in [-0.15, -0.1) is 22.7 Å². The van der Waals surface area contributed by atoms with Crippen LogP contribution in [0.5, 0.6) is 0 Å². The first-order chi connectivity index (χ1) is 29.1. The Kier molecular flexibility index (Phi) is 16.6. The quantitative estimate of drug-likeness (QED) is 0.0508. The second-order valence-corrected chi connectivity index (χ2v) is 19.3. The lowest BCUT2D eigenvalue weighted by molar-refractivity contribution is 0.408. The van der Waals surface area contributed by atoms with Crippen LogP contribution in [0.4, 0.5) is 8.78 Å². The third-order valence-corrected chi connectivity index (χ3v) is 14.9. The second kappa shape index (κ2) is 22.4. The molecule has 0 aliphatic carbocycles. The summed E-state index contributed by atoms with van der Waals surface area (Å²) in [5.41, 5.74) is 6.52. The molecule has 4 aromatic heterocycles. The highest BCUT2D eigenvalue weighted by Gasteiger charge is 2.23. The number of rotatable bonds is 26. The predicted octanol–water partition coefficient (Wildman–Crippen LogP) is 18.4. The Labute approximate surface area is 363 Å². The first-order valence-electron chi connectivity index (χ1n) is 22.9. The number of hydrogen-bond donors (Lipinski definition) is 0. The zero-order valence-corrected chi connectivity index (χ0v) is 37.8. The van der Waals surface area contributed by atoms with E-state index in [1.165, 1.54) is 145 Å². The van der Waals surface area contributed by atoms with Crippen molar-refractivity contribution < 1.29 is 8.78 Å². The van der Waals surface area contributed by atoms with Gasteiger partial charge in [-0.1, -0.05) is 160 Å². The minimum atomic E-state index is -0.280. The first-order valence-corrected chi connectivity index (χ1v) is 25.3. The van der Waals surface area contributed by atoms with Gasteiger partial charge < -0.3 is 4.57 Å². The highest BCUT2D eigenvalue weighted by molar-refractivity contribution is 7.19. The van der Waals surface area contributed by atoms with E-state index in [0.717, 1.165) is 66.6 Å². The zero-order chi connectivity index (χ0) is 40.8.